The zero-order valence-electron chi connectivity index (χ0n) is 22.4. The number of ether oxygens (including phenoxy) is 3. The van der Waals surface area contributed by atoms with Crippen molar-refractivity contribution in [2.75, 3.05) is 24.7 Å². The molecule has 7 heterocycles. The molecule has 3 aliphatic rings. The van der Waals surface area contributed by atoms with Gasteiger partial charge in [-0.05, 0) is 6.42 Å². The van der Waals surface area contributed by atoms with E-state index in [1.165, 1.54) is 28.0 Å². The maximum atomic E-state index is 13.2. The summed E-state index contributed by atoms with van der Waals surface area (Å²) in [5, 5.41) is 32.3. The van der Waals surface area contributed by atoms with Crippen LogP contribution in [-0.2, 0) is 27.8 Å². The molecule has 3 fully saturated rings. The highest BCUT2D eigenvalue weighted by Crippen LogP contribution is 2.51. The van der Waals surface area contributed by atoms with Gasteiger partial charge in [0.25, 0.3) is 5.56 Å². The Labute approximate surface area is 245 Å². The van der Waals surface area contributed by atoms with Gasteiger partial charge in [-0.15, -0.1) is 0 Å². The number of H-pyrrole nitrogens is 1. The first-order chi connectivity index (χ1) is 21.1. The molecule has 3 saturated heterocycles. The van der Waals surface area contributed by atoms with Gasteiger partial charge in [0.05, 0.1) is 36.6 Å². The molecule has 4 aromatic heterocycles. The van der Waals surface area contributed by atoms with Crippen LogP contribution in [0.1, 0.15) is 24.4 Å². The largest absolute Gasteiger partial charge is 0.472 e. The van der Waals surface area contributed by atoms with Crippen LogP contribution in [0.2, 0.25) is 0 Å². The molecule has 0 spiro atoms. The van der Waals surface area contributed by atoms with Crippen LogP contribution in [0.5, 0.6) is 0 Å². The molecule has 3 unspecified atom stereocenters. The predicted octanol–water partition coefficient (Wildman–Crippen LogP) is -1.39. The third kappa shape index (κ3) is 4.62. The number of nitriles is 1. The second-order valence-electron chi connectivity index (χ2n) is 10.4. The lowest BCUT2D eigenvalue weighted by Crippen LogP contribution is -2.37. The number of aliphatic hydroxyl groups excluding tert-OH is 2. The van der Waals surface area contributed by atoms with Crippen molar-refractivity contribution in [2.24, 2.45) is 5.92 Å². The van der Waals surface area contributed by atoms with Crippen LogP contribution >= 0.6 is 7.82 Å². The normalized spacial score (nSPS) is 34.4. The average Bonchev–Trinajstić information content (AvgIpc) is 3.72. The van der Waals surface area contributed by atoms with Gasteiger partial charge in [-0.25, -0.2) is 19.5 Å². The van der Waals surface area contributed by atoms with Crippen molar-refractivity contribution < 1.29 is 42.9 Å². The fourth-order valence-corrected chi connectivity index (χ4v) is 6.76. The lowest BCUT2D eigenvalue weighted by molar-refractivity contribution is -0.178. The minimum Gasteiger partial charge on any atom is -0.388 e. The number of nitrogens with one attached hydrogen (secondary N) is 1. The number of hydrogen-bond acceptors (Lipinski definition) is 16. The minimum atomic E-state index is -4.94. The van der Waals surface area contributed by atoms with Gasteiger partial charge in [-0.1, -0.05) is 0 Å². The van der Waals surface area contributed by atoms with Gasteiger partial charge < -0.3 is 45.4 Å². The van der Waals surface area contributed by atoms with Crippen LogP contribution < -0.4 is 17.0 Å². The van der Waals surface area contributed by atoms with Crippen LogP contribution in [0, 0.1) is 17.2 Å². The molecule has 0 aliphatic carbocycles. The Morgan fingerprint density at radius 3 is 2.73 bits per heavy atom. The second-order valence-corrected chi connectivity index (χ2v) is 11.8. The Balaban J connectivity index is 1.18. The molecule has 20 nitrogen and oxygen atoms in total. The average molecular weight is 632 g/mol. The van der Waals surface area contributed by atoms with E-state index in [0.29, 0.717) is 0 Å². The standard InChI is InChI=1S/C23H25N10O10P/c24-3-8-4-32(17-11(8)16(25)27-6-28-17)20-13(34)9-1-2-39-22-14(35)15(43-44(37,38)40-5-10(9)41-20)21(42-22)33-7-29-12-18(33)30-23(26)31-19(12)36/h4,6-7,9-10,13-15,20-22,34-35H,1-2,5H2,(H,37,38)(H2,25,27,28)(H3,26,30,31,36)/t9-,10?,13-,14+,15-,20-,21-,22?/m1/s1. The maximum absolute atomic E-state index is 13.2. The first kappa shape index (κ1) is 28.7. The number of phosphoric acid groups is 1. The van der Waals surface area contributed by atoms with E-state index in [4.69, 9.17) is 34.7 Å². The summed E-state index contributed by atoms with van der Waals surface area (Å²) in [4.78, 5) is 41.5. The molecule has 0 aromatic carbocycles. The highest BCUT2D eigenvalue weighted by molar-refractivity contribution is 7.47. The Kier molecular flexibility index (Phi) is 6.89. The topological polar surface area (TPSA) is 294 Å². The molecular formula is C23H25N10O10P. The number of aromatic amines is 1. The van der Waals surface area contributed by atoms with E-state index < -0.39 is 69.1 Å². The number of imidazole rings is 1. The van der Waals surface area contributed by atoms with Gasteiger partial charge in [-0.2, -0.15) is 10.2 Å². The Morgan fingerprint density at radius 1 is 1.11 bits per heavy atom. The predicted molar refractivity (Wildman–Crippen MR) is 144 cm³/mol. The molecule has 232 valence electrons. The highest BCUT2D eigenvalue weighted by atomic mass is 31.2. The minimum absolute atomic E-state index is 0.0306. The van der Waals surface area contributed by atoms with Crippen LogP contribution in [0.3, 0.4) is 0 Å². The van der Waals surface area contributed by atoms with Crippen molar-refractivity contribution in [3.8, 4) is 6.07 Å². The number of nitrogens with zero attached hydrogens (tertiary/aromatic N) is 7. The van der Waals surface area contributed by atoms with E-state index in [1.807, 2.05) is 6.07 Å². The Hall–Kier alpha value is -4.03. The first-order valence-electron chi connectivity index (χ1n) is 13.2. The number of phosphoric ester groups is 1. The van der Waals surface area contributed by atoms with Gasteiger partial charge >= 0.3 is 7.82 Å². The first-order valence-corrected chi connectivity index (χ1v) is 14.7. The third-order valence-electron chi connectivity index (χ3n) is 7.84. The van der Waals surface area contributed by atoms with E-state index in [-0.39, 0.29) is 52.6 Å². The molecule has 8 N–H and O–H groups in total. The van der Waals surface area contributed by atoms with E-state index >= 15 is 0 Å². The lowest BCUT2D eigenvalue weighted by Gasteiger charge is -2.26. The summed E-state index contributed by atoms with van der Waals surface area (Å²) >= 11 is 0. The van der Waals surface area contributed by atoms with Crippen LogP contribution in [0.15, 0.2) is 23.6 Å². The summed E-state index contributed by atoms with van der Waals surface area (Å²) in [6.45, 7) is -0.570. The monoisotopic (exact) mass is 632 g/mol. The summed E-state index contributed by atoms with van der Waals surface area (Å²) in [6, 6.07) is 2.02. The molecule has 0 amide bonds. The molecule has 4 aromatic rings. The fraction of sp³-hybridized carbons (Fsp3) is 0.478. The van der Waals surface area contributed by atoms with Crippen LogP contribution in [0.4, 0.5) is 11.8 Å². The Morgan fingerprint density at radius 2 is 1.93 bits per heavy atom. The number of nitrogens with two attached hydrogens (primary N) is 2. The van der Waals surface area contributed by atoms with Crippen molar-refractivity contribution in [2.45, 2.75) is 49.6 Å². The summed E-state index contributed by atoms with van der Waals surface area (Å²) in [5.74, 6) is -0.865. The zero-order chi connectivity index (χ0) is 30.9. The molecule has 0 saturated carbocycles. The molecule has 3 aliphatic heterocycles. The number of aliphatic hydroxyl groups is 2. The van der Waals surface area contributed by atoms with Crippen molar-refractivity contribution in [1.82, 2.24) is 34.1 Å². The fourth-order valence-electron chi connectivity index (χ4n) is 5.83. The summed E-state index contributed by atoms with van der Waals surface area (Å²) in [5.41, 5.74) is 11.3. The van der Waals surface area contributed by atoms with Crippen molar-refractivity contribution >= 4 is 41.8 Å². The molecular weight excluding hydrogens is 607 g/mol. The quantitative estimate of drug-likeness (QED) is 0.139. The van der Waals surface area contributed by atoms with Gasteiger partial charge in [0, 0.05) is 12.1 Å². The lowest BCUT2D eigenvalue weighted by atomic mass is 9.95. The van der Waals surface area contributed by atoms with E-state index in [1.54, 1.807) is 0 Å². The number of fused-ring (bicyclic) bond motifs is 5. The van der Waals surface area contributed by atoms with E-state index in [0.717, 1.165) is 0 Å². The van der Waals surface area contributed by atoms with Crippen molar-refractivity contribution in [3.05, 3.63) is 34.8 Å². The number of rotatable bonds is 2. The molecule has 21 heteroatoms. The highest BCUT2D eigenvalue weighted by Gasteiger charge is 2.52. The van der Waals surface area contributed by atoms with Gasteiger partial charge in [-0.3, -0.25) is 23.4 Å². The second kappa shape index (κ2) is 10.6. The van der Waals surface area contributed by atoms with Gasteiger partial charge in [0.15, 0.2) is 29.9 Å². The molecule has 2 bridgehead atoms. The van der Waals surface area contributed by atoms with Crippen molar-refractivity contribution in [3.63, 3.8) is 0 Å². The summed E-state index contributed by atoms with van der Waals surface area (Å²) in [6.07, 6.45) is -5.17. The van der Waals surface area contributed by atoms with Gasteiger partial charge in [0.2, 0.25) is 5.95 Å². The number of anilines is 2. The number of nitrogen functional groups attached to an aromatic ring is 2. The molecule has 9 atom stereocenters. The third-order valence-corrected chi connectivity index (χ3v) is 8.83. The van der Waals surface area contributed by atoms with Crippen LogP contribution in [0.25, 0.3) is 22.2 Å². The SMILES string of the molecule is N#Cc1cn([C@@H]2OC3COP(=O)(O)O[C@@H]4[C@H](O)C(OCC[C@H]3[C@H]2O)O[C@H]4n2cnc3c(=O)[nH]c(N)nc32)c2ncnc(N)c12. The number of aromatic nitrogens is 7. The zero-order valence-corrected chi connectivity index (χ0v) is 23.3. The van der Waals surface area contributed by atoms with Crippen LogP contribution in [-0.4, -0.2) is 93.1 Å². The molecule has 0 radical (unpaired) electrons. The maximum Gasteiger partial charge on any atom is 0.472 e. The van der Waals surface area contributed by atoms with Gasteiger partial charge in [0.1, 0.15) is 42.2 Å². The molecule has 44 heavy (non-hydrogen) atoms. The van der Waals surface area contributed by atoms with E-state index in [9.17, 15) is 29.7 Å². The van der Waals surface area contributed by atoms with Crippen molar-refractivity contribution in [1.29, 1.82) is 5.26 Å². The smallest absolute Gasteiger partial charge is 0.388 e. The molecule has 7 rings (SSSR count). The Bertz CT molecular complexity index is 1910. The number of hydrogen-bond donors (Lipinski definition) is 6. The van der Waals surface area contributed by atoms with E-state index in [2.05, 4.69) is 24.9 Å². The summed E-state index contributed by atoms with van der Waals surface area (Å²) < 4.78 is 44.3. The summed E-state index contributed by atoms with van der Waals surface area (Å²) in [7, 11) is -4.94.